The van der Waals surface area contributed by atoms with E-state index < -0.39 is 16.2 Å². The summed E-state index contributed by atoms with van der Waals surface area (Å²) in [6, 6.07) is 0. The van der Waals surface area contributed by atoms with Crippen LogP contribution in [0.3, 0.4) is 0 Å². The highest BCUT2D eigenvalue weighted by Gasteiger charge is 2.19. The Morgan fingerprint density at radius 1 is 1.39 bits per heavy atom. The lowest BCUT2D eigenvalue weighted by molar-refractivity contribution is -0.138. The van der Waals surface area contributed by atoms with Gasteiger partial charge in [0.2, 0.25) is 0 Å². The molecule has 6 nitrogen and oxygen atoms in total. The summed E-state index contributed by atoms with van der Waals surface area (Å²) in [4.78, 5) is 10.6. The minimum atomic E-state index is -3.48. The van der Waals surface area contributed by atoms with Gasteiger partial charge in [-0.15, -0.1) is 0 Å². The zero-order valence-corrected chi connectivity index (χ0v) is 12.2. The Kier molecular flexibility index (Phi) is 8.13. The number of carbonyl (C=O) groups is 1. The highest BCUT2D eigenvalue weighted by atomic mass is 32.2. The number of carboxylic acids is 1. The number of nitrogens with one attached hydrogen (secondary N) is 1. The molecule has 0 saturated heterocycles. The van der Waals surface area contributed by atoms with Crippen LogP contribution in [0.4, 0.5) is 0 Å². The number of carboxylic acid groups (broad SMARTS) is 1. The molecule has 0 aromatic carbocycles. The van der Waals surface area contributed by atoms with Gasteiger partial charge < -0.3 is 5.11 Å². The second-order valence-corrected chi connectivity index (χ2v) is 6.26. The average molecular weight is 280 g/mol. The van der Waals surface area contributed by atoms with Crippen molar-refractivity contribution in [2.75, 3.05) is 20.1 Å². The van der Waals surface area contributed by atoms with Gasteiger partial charge in [-0.05, 0) is 12.3 Å². The Morgan fingerprint density at radius 2 is 2.00 bits per heavy atom. The van der Waals surface area contributed by atoms with Crippen LogP contribution in [0.15, 0.2) is 0 Å². The third-order valence-electron chi connectivity index (χ3n) is 2.83. The fourth-order valence-corrected chi connectivity index (χ4v) is 2.48. The molecule has 0 saturated carbocycles. The molecule has 7 heteroatoms. The van der Waals surface area contributed by atoms with Crippen LogP contribution in [0.2, 0.25) is 0 Å². The lowest BCUT2D eigenvalue weighted by atomic mass is 10.0. The summed E-state index contributed by atoms with van der Waals surface area (Å²) in [6.07, 6.45) is 2.35. The second kappa shape index (κ2) is 8.44. The molecule has 0 aromatic heterocycles. The Hall–Kier alpha value is -0.660. The van der Waals surface area contributed by atoms with Crippen LogP contribution < -0.4 is 4.72 Å². The van der Waals surface area contributed by atoms with Crippen molar-refractivity contribution in [2.45, 2.75) is 39.5 Å². The van der Waals surface area contributed by atoms with Gasteiger partial charge in [0.15, 0.2) is 0 Å². The maximum Gasteiger partial charge on any atom is 0.303 e. The number of rotatable bonds is 10. The quantitative estimate of drug-likeness (QED) is 0.626. The minimum absolute atomic E-state index is 0.0162. The van der Waals surface area contributed by atoms with Crippen molar-refractivity contribution in [1.82, 2.24) is 9.03 Å². The first-order valence-corrected chi connectivity index (χ1v) is 7.70. The zero-order valence-electron chi connectivity index (χ0n) is 11.3. The van der Waals surface area contributed by atoms with Crippen LogP contribution in [-0.2, 0) is 15.0 Å². The van der Waals surface area contributed by atoms with Gasteiger partial charge in [-0.25, -0.2) is 4.72 Å². The standard InChI is InChI=1S/C11H24N2O4S/c1-4-6-7-13(3)18(16,17)12-9-10(5-2)8-11(14)15/h10,12H,4-9H2,1-3H3,(H,14,15). The first-order chi connectivity index (χ1) is 8.33. The second-order valence-electron chi connectivity index (χ2n) is 4.40. The Balaban J connectivity index is 4.27. The maximum absolute atomic E-state index is 11.8. The molecule has 0 fully saturated rings. The molecule has 108 valence electrons. The lowest BCUT2D eigenvalue weighted by Gasteiger charge is -2.19. The highest BCUT2D eigenvalue weighted by Crippen LogP contribution is 2.08. The van der Waals surface area contributed by atoms with Gasteiger partial charge in [-0.3, -0.25) is 4.79 Å². The normalized spacial score (nSPS) is 13.8. The molecule has 0 aromatic rings. The van der Waals surface area contributed by atoms with E-state index in [1.54, 1.807) is 0 Å². The van der Waals surface area contributed by atoms with Crippen LogP contribution in [-0.4, -0.2) is 43.9 Å². The predicted molar refractivity (Wildman–Crippen MR) is 70.5 cm³/mol. The number of nitrogens with zero attached hydrogens (tertiary/aromatic N) is 1. The summed E-state index contributed by atoms with van der Waals surface area (Å²) in [5.41, 5.74) is 0. The minimum Gasteiger partial charge on any atom is -0.481 e. The predicted octanol–water partition coefficient (Wildman–Crippen LogP) is 1.05. The zero-order chi connectivity index (χ0) is 14.2. The van der Waals surface area contributed by atoms with Gasteiger partial charge in [0.1, 0.15) is 0 Å². The monoisotopic (exact) mass is 280 g/mol. The van der Waals surface area contributed by atoms with E-state index in [-0.39, 0.29) is 18.9 Å². The van der Waals surface area contributed by atoms with E-state index in [4.69, 9.17) is 5.11 Å². The van der Waals surface area contributed by atoms with E-state index in [1.165, 1.54) is 11.4 Å². The Bertz CT molecular complexity index is 343. The van der Waals surface area contributed by atoms with Crippen molar-refractivity contribution < 1.29 is 18.3 Å². The molecule has 18 heavy (non-hydrogen) atoms. The summed E-state index contributed by atoms with van der Waals surface area (Å²) in [5, 5.41) is 8.68. The van der Waals surface area contributed by atoms with Gasteiger partial charge in [0.05, 0.1) is 0 Å². The number of hydrogen-bond donors (Lipinski definition) is 2. The lowest BCUT2D eigenvalue weighted by Crippen LogP contribution is -2.41. The number of aliphatic carboxylic acids is 1. The third-order valence-corrected chi connectivity index (χ3v) is 4.37. The molecule has 0 rings (SSSR count). The van der Waals surface area contributed by atoms with Crippen LogP contribution in [0.25, 0.3) is 0 Å². The summed E-state index contributed by atoms with van der Waals surface area (Å²) >= 11 is 0. The summed E-state index contributed by atoms with van der Waals surface area (Å²) in [6.45, 7) is 4.49. The topological polar surface area (TPSA) is 86.7 Å². The van der Waals surface area contributed by atoms with Crippen molar-refractivity contribution in [1.29, 1.82) is 0 Å². The fourth-order valence-electron chi connectivity index (χ4n) is 1.44. The van der Waals surface area contributed by atoms with Crippen LogP contribution in [0.1, 0.15) is 39.5 Å². The Morgan fingerprint density at radius 3 is 2.44 bits per heavy atom. The van der Waals surface area contributed by atoms with Gasteiger partial charge in [0.25, 0.3) is 10.2 Å². The molecule has 0 radical (unpaired) electrons. The molecule has 1 unspecified atom stereocenters. The molecule has 0 aliphatic heterocycles. The fraction of sp³-hybridized carbons (Fsp3) is 0.909. The molecule has 2 N–H and O–H groups in total. The van der Waals surface area contributed by atoms with Gasteiger partial charge in [-0.1, -0.05) is 26.7 Å². The van der Waals surface area contributed by atoms with Gasteiger partial charge >= 0.3 is 5.97 Å². The number of hydrogen-bond acceptors (Lipinski definition) is 3. The smallest absolute Gasteiger partial charge is 0.303 e. The molecular formula is C11H24N2O4S. The highest BCUT2D eigenvalue weighted by molar-refractivity contribution is 7.87. The SMILES string of the molecule is CCCCN(C)S(=O)(=O)NCC(CC)CC(=O)O. The van der Waals surface area contributed by atoms with Crippen LogP contribution in [0.5, 0.6) is 0 Å². The summed E-state index contributed by atoms with van der Waals surface area (Å²) in [5.74, 6) is -1.07. The van der Waals surface area contributed by atoms with E-state index in [2.05, 4.69) is 4.72 Å². The summed E-state index contributed by atoms with van der Waals surface area (Å²) in [7, 11) is -1.96. The van der Waals surface area contributed by atoms with Gasteiger partial charge in [-0.2, -0.15) is 12.7 Å². The molecular weight excluding hydrogens is 256 g/mol. The first kappa shape index (κ1) is 17.3. The third kappa shape index (κ3) is 6.93. The number of unbranched alkanes of at least 4 members (excludes halogenated alkanes) is 1. The van der Waals surface area contributed by atoms with Crippen molar-refractivity contribution >= 4 is 16.2 Å². The summed E-state index contributed by atoms with van der Waals surface area (Å²) < 4.78 is 27.3. The van der Waals surface area contributed by atoms with Crippen LogP contribution >= 0.6 is 0 Å². The molecule has 0 heterocycles. The largest absolute Gasteiger partial charge is 0.481 e. The van der Waals surface area contributed by atoms with Crippen molar-refractivity contribution in [3.05, 3.63) is 0 Å². The van der Waals surface area contributed by atoms with Crippen molar-refractivity contribution in [3.63, 3.8) is 0 Å². The van der Waals surface area contributed by atoms with Crippen molar-refractivity contribution in [3.8, 4) is 0 Å². The van der Waals surface area contributed by atoms with E-state index in [0.29, 0.717) is 13.0 Å². The molecule has 0 spiro atoms. The van der Waals surface area contributed by atoms with Crippen LogP contribution in [0, 0.1) is 5.92 Å². The van der Waals surface area contributed by atoms with Crippen molar-refractivity contribution in [2.24, 2.45) is 5.92 Å². The molecule has 1 atom stereocenters. The molecule has 0 aliphatic carbocycles. The van der Waals surface area contributed by atoms with E-state index in [0.717, 1.165) is 12.8 Å². The molecule has 0 aliphatic rings. The Labute approximate surface area is 110 Å². The maximum atomic E-state index is 11.8. The molecule has 0 bridgehead atoms. The van der Waals surface area contributed by atoms with E-state index in [1.807, 2.05) is 13.8 Å². The van der Waals surface area contributed by atoms with Gasteiger partial charge in [0, 0.05) is 26.6 Å². The molecule has 0 amide bonds. The first-order valence-electron chi connectivity index (χ1n) is 6.26. The average Bonchev–Trinajstić information content (AvgIpc) is 2.30. The van der Waals surface area contributed by atoms with E-state index >= 15 is 0 Å². The van der Waals surface area contributed by atoms with E-state index in [9.17, 15) is 13.2 Å².